The zero-order valence-corrected chi connectivity index (χ0v) is 15.7. The SMILES string of the molecule is Cc1ccccc1/C=C1\SC(=S)N(N=Cc2cc([N+](=O)[O-])ccc2O)C1=O. The Bertz CT molecular complexity index is 1020. The van der Waals surface area contributed by atoms with E-state index in [1.807, 2.05) is 31.2 Å². The first kappa shape index (κ1) is 18.7. The van der Waals surface area contributed by atoms with Crippen LogP contribution in [0.15, 0.2) is 52.5 Å². The van der Waals surface area contributed by atoms with E-state index in [9.17, 15) is 20.0 Å². The quantitative estimate of drug-likeness (QED) is 0.276. The number of aromatic hydroxyl groups is 1. The molecule has 1 N–H and O–H groups in total. The van der Waals surface area contributed by atoms with Crippen molar-refractivity contribution in [3.05, 3.63) is 74.2 Å². The number of carbonyl (C=O) groups is 1. The van der Waals surface area contributed by atoms with E-state index >= 15 is 0 Å². The topological polar surface area (TPSA) is 96.0 Å². The third kappa shape index (κ3) is 4.04. The fourth-order valence-electron chi connectivity index (χ4n) is 2.33. The lowest BCUT2D eigenvalue weighted by molar-refractivity contribution is -0.384. The van der Waals surface area contributed by atoms with E-state index in [1.165, 1.54) is 24.4 Å². The second-order valence-corrected chi connectivity index (χ2v) is 7.27. The van der Waals surface area contributed by atoms with Gasteiger partial charge < -0.3 is 5.11 Å². The predicted octanol–water partition coefficient (Wildman–Crippen LogP) is 3.84. The molecule has 0 bridgehead atoms. The summed E-state index contributed by atoms with van der Waals surface area (Å²) >= 11 is 6.32. The highest BCUT2D eigenvalue weighted by Gasteiger charge is 2.32. The Kier molecular flexibility index (Phi) is 5.33. The van der Waals surface area contributed by atoms with Crippen molar-refractivity contribution in [3.63, 3.8) is 0 Å². The minimum absolute atomic E-state index is 0.112. The molecule has 7 nitrogen and oxygen atoms in total. The molecule has 0 atom stereocenters. The molecular weight excluding hydrogens is 386 g/mol. The summed E-state index contributed by atoms with van der Waals surface area (Å²) in [5.41, 5.74) is 1.84. The highest BCUT2D eigenvalue weighted by atomic mass is 32.2. The fraction of sp³-hybridized carbons (Fsp3) is 0.0556. The lowest BCUT2D eigenvalue weighted by Crippen LogP contribution is -2.22. The molecule has 1 aliphatic heterocycles. The number of thiocarbonyl (C=S) groups is 1. The highest BCUT2D eigenvalue weighted by molar-refractivity contribution is 8.26. The van der Waals surface area contributed by atoms with Gasteiger partial charge >= 0.3 is 0 Å². The lowest BCUT2D eigenvalue weighted by atomic mass is 10.1. The van der Waals surface area contributed by atoms with Gasteiger partial charge in [0.25, 0.3) is 11.6 Å². The van der Waals surface area contributed by atoms with E-state index in [0.717, 1.165) is 27.9 Å². The van der Waals surface area contributed by atoms with Crippen LogP contribution in [0.25, 0.3) is 6.08 Å². The van der Waals surface area contributed by atoms with Gasteiger partial charge in [-0.3, -0.25) is 14.9 Å². The van der Waals surface area contributed by atoms with Crippen molar-refractivity contribution in [2.24, 2.45) is 5.10 Å². The molecule has 27 heavy (non-hydrogen) atoms. The number of aryl methyl sites for hydroxylation is 1. The van der Waals surface area contributed by atoms with Gasteiger partial charge in [0.15, 0.2) is 4.32 Å². The number of thioether (sulfide) groups is 1. The van der Waals surface area contributed by atoms with Crippen molar-refractivity contribution in [2.45, 2.75) is 6.92 Å². The average molecular weight is 399 g/mol. The van der Waals surface area contributed by atoms with Gasteiger partial charge in [0.2, 0.25) is 0 Å². The number of benzene rings is 2. The van der Waals surface area contributed by atoms with Crippen LogP contribution in [-0.2, 0) is 4.79 Å². The Morgan fingerprint density at radius 2 is 2.00 bits per heavy atom. The Labute approximate surface area is 164 Å². The summed E-state index contributed by atoms with van der Waals surface area (Å²) in [5.74, 6) is -0.584. The van der Waals surface area contributed by atoms with Crippen LogP contribution in [0.2, 0.25) is 0 Å². The third-order valence-corrected chi connectivity index (χ3v) is 5.07. The van der Waals surface area contributed by atoms with Gasteiger partial charge in [-0.1, -0.05) is 36.0 Å². The summed E-state index contributed by atoms with van der Waals surface area (Å²) in [6.45, 7) is 1.94. The molecule has 1 aliphatic rings. The number of nitro groups is 1. The zero-order chi connectivity index (χ0) is 19.6. The molecule has 0 spiro atoms. The van der Waals surface area contributed by atoms with Gasteiger partial charge in [0.1, 0.15) is 5.75 Å². The Hall–Kier alpha value is -3.04. The number of hydrazone groups is 1. The van der Waals surface area contributed by atoms with Crippen LogP contribution >= 0.6 is 24.0 Å². The van der Waals surface area contributed by atoms with Crippen LogP contribution < -0.4 is 0 Å². The number of hydrogen-bond acceptors (Lipinski definition) is 7. The van der Waals surface area contributed by atoms with Crippen molar-refractivity contribution >= 4 is 52.2 Å². The summed E-state index contributed by atoms with van der Waals surface area (Å²) in [4.78, 5) is 23.3. The van der Waals surface area contributed by atoms with Gasteiger partial charge in [0, 0.05) is 17.7 Å². The Balaban J connectivity index is 1.86. The molecule has 1 heterocycles. The molecule has 0 aromatic heterocycles. The molecule has 1 fully saturated rings. The maximum atomic E-state index is 12.6. The number of non-ortho nitro benzene ring substituents is 1. The standard InChI is InChI=1S/C18H13N3O4S2/c1-11-4-2-3-5-12(11)9-16-17(23)20(18(26)27-16)19-10-13-8-14(21(24)25)6-7-15(13)22/h2-10,22H,1H3/b16-9-,19-10?. The van der Waals surface area contributed by atoms with Crippen molar-refractivity contribution in [3.8, 4) is 5.75 Å². The number of nitrogens with zero attached hydrogens (tertiary/aromatic N) is 3. The molecule has 1 saturated heterocycles. The molecule has 0 radical (unpaired) electrons. The second-order valence-electron chi connectivity index (χ2n) is 5.59. The first-order valence-corrected chi connectivity index (χ1v) is 8.94. The van der Waals surface area contributed by atoms with Crippen LogP contribution in [0.5, 0.6) is 5.75 Å². The summed E-state index contributed by atoms with van der Waals surface area (Å²) in [5, 5.41) is 25.7. The molecule has 9 heteroatoms. The van der Waals surface area contributed by atoms with Crippen LogP contribution in [0.3, 0.4) is 0 Å². The van der Waals surface area contributed by atoms with E-state index in [0.29, 0.717) is 4.91 Å². The van der Waals surface area contributed by atoms with Gasteiger partial charge in [-0.2, -0.15) is 10.1 Å². The van der Waals surface area contributed by atoms with E-state index < -0.39 is 10.8 Å². The summed E-state index contributed by atoms with van der Waals surface area (Å²) in [6, 6.07) is 11.2. The van der Waals surface area contributed by atoms with Crippen LogP contribution in [0, 0.1) is 17.0 Å². The number of phenols is 1. The summed E-state index contributed by atoms with van der Waals surface area (Å²) in [6.07, 6.45) is 2.92. The van der Waals surface area contributed by atoms with E-state index in [-0.39, 0.29) is 21.3 Å². The number of carbonyl (C=O) groups excluding carboxylic acids is 1. The van der Waals surface area contributed by atoms with Crippen molar-refractivity contribution < 1.29 is 14.8 Å². The Morgan fingerprint density at radius 1 is 1.26 bits per heavy atom. The Morgan fingerprint density at radius 3 is 2.70 bits per heavy atom. The zero-order valence-electron chi connectivity index (χ0n) is 14.0. The van der Waals surface area contributed by atoms with Gasteiger partial charge in [0.05, 0.1) is 16.0 Å². The number of hydrogen-bond donors (Lipinski definition) is 1. The molecule has 2 aromatic carbocycles. The maximum absolute atomic E-state index is 12.6. The molecule has 136 valence electrons. The van der Waals surface area contributed by atoms with Gasteiger partial charge in [-0.25, -0.2) is 0 Å². The van der Waals surface area contributed by atoms with E-state index in [4.69, 9.17) is 12.2 Å². The van der Waals surface area contributed by atoms with Crippen molar-refractivity contribution in [1.29, 1.82) is 0 Å². The molecule has 3 rings (SSSR count). The number of amides is 1. The third-order valence-electron chi connectivity index (χ3n) is 3.78. The minimum atomic E-state index is -0.582. The largest absolute Gasteiger partial charge is 0.507 e. The monoisotopic (exact) mass is 399 g/mol. The van der Waals surface area contributed by atoms with E-state index in [2.05, 4.69) is 5.10 Å². The predicted molar refractivity (Wildman–Crippen MR) is 109 cm³/mol. The van der Waals surface area contributed by atoms with Crippen LogP contribution in [0.1, 0.15) is 16.7 Å². The van der Waals surface area contributed by atoms with Crippen LogP contribution in [-0.4, -0.2) is 31.5 Å². The molecule has 0 aliphatic carbocycles. The maximum Gasteiger partial charge on any atom is 0.286 e. The van der Waals surface area contributed by atoms with Crippen molar-refractivity contribution in [1.82, 2.24) is 5.01 Å². The minimum Gasteiger partial charge on any atom is -0.507 e. The van der Waals surface area contributed by atoms with Gasteiger partial charge in [-0.15, -0.1) is 0 Å². The normalized spacial score (nSPS) is 15.9. The molecule has 1 amide bonds. The van der Waals surface area contributed by atoms with Gasteiger partial charge in [-0.05, 0) is 42.4 Å². The molecule has 2 aromatic rings. The smallest absolute Gasteiger partial charge is 0.286 e. The fourth-order valence-corrected chi connectivity index (χ4v) is 3.49. The lowest BCUT2D eigenvalue weighted by Gasteiger charge is -2.06. The summed E-state index contributed by atoms with van der Waals surface area (Å²) in [7, 11) is 0. The summed E-state index contributed by atoms with van der Waals surface area (Å²) < 4.78 is 0.237. The first-order valence-electron chi connectivity index (χ1n) is 7.72. The molecule has 0 unspecified atom stereocenters. The second kappa shape index (κ2) is 7.68. The number of rotatable bonds is 4. The molecular formula is C18H13N3O4S2. The first-order chi connectivity index (χ1) is 12.9. The van der Waals surface area contributed by atoms with Crippen LogP contribution in [0.4, 0.5) is 5.69 Å². The van der Waals surface area contributed by atoms with Crippen molar-refractivity contribution in [2.75, 3.05) is 0 Å². The number of phenolic OH excluding ortho intramolecular Hbond substituents is 1. The van der Waals surface area contributed by atoms with E-state index in [1.54, 1.807) is 6.08 Å². The highest BCUT2D eigenvalue weighted by Crippen LogP contribution is 2.33. The number of nitro benzene ring substituents is 1. The average Bonchev–Trinajstić information content (AvgIpc) is 2.89. The molecule has 0 saturated carbocycles.